The topological polar surface area (TPSA) is 72.7 Å². The third-order valence-electron chi connectivity index (χ3n) is 1.74. The number of nitrogens with one attached hydrogen (secondary N) is 1. The van der Waals surface area contributed by atoms with E-state index in [1.165, 1.54) is 4.80 Å². The second kappa shape index (κ2) is 5.31. The highest BCUT2D eigenvalue weighted by molar-refractivity contribution is 5.88. The summed E-state index contributed by atoms with van der Waals surface area (Å²) < 4.78 is 0. The number of hydrogen-bond acceptors (Lipinski definition) is 4. The first kappa shape index (κ1) is 10.6. The van der Waals surface area contributed by atoms with Gasteiger partial charge >= 0.3 is 0 Å². The van der Waals surface area contributed by atoms with Gasteiger partial charge in [0.2, 0.25) is 5.91 Å². The van der Waals surface area contributed by atoms with E-state index in [1.807, 2.05) is 0 Å². The van der Waals surface area contributed by atoms with Crippen LogP contribution in [0.2, 0.25) is 0 Å². The minimum atomic E-state index is -0.0972. The molecule has 0 atom stereocenters. The van der Waals surface area contributed by atoms with Crippen LogP contribution >= 0.6 is 0 Å². The van der Waals surface area contributed by atoms with Gasteiger partial charge in [-0.1, -0.05) is 25.4 Å². The highest BCUT2D eigenvalue weighted by Crippen LogP contribution is 1.96. The molecule has 0 aliphatic rings. The lowest BCUT2D eigenvalue weighted by Crippen LogP contribution is -2.11. The van der Waals surface area contributed by atoms with Gasteiger partial charge in [-0.05, 0) is 11.6 Å². The van der Waals surface area contributed by atoms with Crippen molar-refractivity contribution in [2.45, 2.75) is 39.7 Å². The van der Waals surface area contributed by atoms with Crippen LogP contribution in [0.15, 0.2) is 0 Å². The molecule has 0 saturated heterocycles. The van der Waals surface area contributed by atoms with Gasteiger partial charge in [0.15, 0.2) is 0 Å². The number of rotatable bonds is 5. The molecule has 0 unspecified atom stereocenters. The van der Waals surface area contributed by atoms with Crippen molar-refractivity contribution in [1.29, 1.82) is 0 Å². The van der Waals surface area contributed by atoms with Crippen molar-refractivity contribution in [2.24, 2.45) is 0 Å². The summed E-state index contributed by atoms with van der Waals surface area (Å²) in [7, 11) is 0. The van der Waals surface area contributed by atoms with Crippen molar-refractivity contribution in [1.82, 2.24) is 20.2 Å². The molecule has 1 rings (SSSR count). The van der Waals surface area contributed by atoms with Crippen LogP contribution in [-0.2, 0) is 11.3 Å². The van der Waals surface area contributed by atoms with Crippen molar-refractivity contribution in [2.75, 3.05) is 5.32 Å². The zero-order valence-electron chi connectivity index (χ0n) is 8.53. The Morgan fingerprint density at radius 3 is 2.93 bits per heavy atom. The Labute approximate surface area is 82.7 Å². The molecule has 14 heavy (non-hydrogen) atoms. The van der Waals surface area contributed by atoms with E-state index in [9.17, 15) is 4.79 Å². The Hall–Kier alpha value is -1.46. The summed E-state index contributed by atoms with van der Waals surface area (Å²) in [5.74, 6) is 0.188. The second-order valence-electron chi connectivity index (χ2n) is 2.96. The Morgan fingerprint density at radius 2 is 2.29 bits per heavy atom. The smallest absolute Gasteiger partial charge is 0.270 e. The molecule has 0 spiro atoms. The lowest BCUT2D eigenvalue weighted by molar-refractivity contribution is -0.115. The van der Waals surface area contributed by atoms with Gasteiger partial charge in [0.05, 0.1) is 6.54 Å². The maximum absolute atomic E-state index is 11.0. The van der Waals surface area contributed by atoms with E-state index < -0.39 is 0 Å². The third kappa shape index (κ3) is 3.12. The van der Waals surface area contributed by atoms with E-state index in [1.54, 1.807) is 6.92 Å². The van der Waals surface area contributed by atoms with E-state index in [-0.39, 0.29) is 11.9 Å². The molecule has 0 aliphatic carbocycles. The Kier molecular flexibility index (Phi) is 4.03. The number of hydrogen-bond donors (Lipinski definition) is 1. The molecule has 0 aliphatic heterocycles. The van der Waals surface area contributed by atoms with Gasteiger partial charge in [-0.3, -0.25) is 10.1 Å². The number of unbranched alkanes of at least 4 members (excludes halogenated alkanes) is 1. The van der Waals surface area contributed by atoms with E-state index in [2.05, 4.69) is 27.7 Å². The first-order valence-electron chi connectivity index (χ1n) is 4.84. The fraction of sp³-hybridized carbons (Fsp3) is 0.750. The molecule has 0 fully saturated rings. The van der Waals surface area contributed by atoms with E-state index >= 15 is 0 Å². The molecule has 0 bridgehead atoms. The number of tetrazole rings is 1. The van der Waals surface area contributed by atoms with Crippen LogP contribution in [0.4, 0.5) is 5.95 Å². The van der Waals surface area contributed by atoms with Crippen LogP contribution in [0.1, 0.15) is 33.1 Å². The van der Waals surface area contributed by atoms with Crippen molar-refractivity contribution in [3.63, 3.8) is 0 Å². The minimum Gasteiger partial charge on any atom is -0.292 e. The van der Waals surface area contributed by atoms with Crippen LogP contribution in [0.25, 0.3) is 0 Å². The fourth-order valence-corrected chi connectivity index (χ4v) is 0.901. The number of anilines is 1. The largest absolute Gasteiger partial charge is 0.292 e. The van der Waals surface area contributed by atoms with Gasteiger partial charge in [-0.15, -0.1) is 5.10 Å². The SMILES string of the molecule is CCCCn1nnc(NC(=O)CC)n1. The Balaban J connectivity index is 2.46. The molecule has 6 heteroatoms. The monoisotopic (exact) mass is 197 g/mol. The maximum Gasteiger partial charge on any atom is 0.270 e. The van der Waals surface area contributed by atoms with Crippen LogP contribution in [0, 0.1) is 0 Å². The van der Waals surface area contributed by atoms with Crippen molar-refractivity contribution < 1.29 is 4.79 Å². The summed E-state index contributed by atoms with van der Waals surface area (Å²) in [4.78, 5) is 12.5. The standard InChI is InChI=1S/C8H15N5O/c1-3-5-6-13-11-8(10-12-13)9-7(14)4-2/h3-6H2,1-2H3,(H,9,11,14). The number of carbonyl (C=O) groups excluding carboxylic acids is 1. The quantitative estimate of drug-likeness (QED) is 0.758. The molecule has 1 amide bonds. The van der Waals surface area contributed by atoms with Gasteiger partial charge in [-0.2, -0.15) is 4.80 Å². The number of amides is 1. The molecule has 1 aromatic heterocycles. The number of aromatic nitrogens is 4. The van der Waals surface area contributed by atoms with Gasteiger partial charge in [-0.25, -0.2) is 0 Å². The number of nitrogens with zero attached hydrogens (tertiary/aromatic N) is 4. The van der Waals surface area contributed by atoms with Crippen LogP contribution < -0.4 is 5.32 Å². The van der Waals surface area contributed by atoms with Crippen molar-refractivity contribution >= 4 is 11.9 Å². The molecule has 78 valence electrons. The highest BCUT2D eigenvalue weighted by atomic mass is 16.1. The number of carbonyl (C=O) groups is 1. The van der Waals surface area contributed by atoms with E-state index in [0.717, 1.165) is 19.4 Å². The highest BCUT2D eigenvalue weighted by Gasteiger charge is 2.04. The van der Waals surface area contributed by atoms with Crippen molar-refractivity contribution in [3.05, 3.63) is 0 Å². The zero-order valence-corrected chi connectivity index (χ0v) is 8.53. The summed E-state index contributed by atoms with van der Waals surface area (Å²) in [6.07, 6.45) is 2.51. The van der Waals surface area contributed by atoms with E-state index in [0.29, 0.717) is 6.42 Å². The fourth-order valence-electron chi connectivity index (χ4n) is 0.901. The maximum atomic E-state index is 11.0. The average Bonchev–Trinajstić information content (AvgIpc) is 2.62. The van der Waals surface area contributed by atoms with Crippen molar-refractivity contribution in [3.8, 4) is 0 Å². The Bertz CT molecular complexity index is 296. The van der Waals surface area contributed by atoms with Crippen LogP contribution in [0.5, 0.6) is 0 Å². The molecule has 0 aromatic carbocycles. The average molecular weight is 197 g/mol. The summed E-state index contributed by atoms with van der Waals surface area (Å²) in [5, 5.41) is 14.1. The summed E-state index contributed by atoms with van der Waals surface area (Å²) in [6.45, 7) is 4.61. The normalized spacial score (nSPS) is 10.1. The lowest BCUT2D eigenvalue weighted by Gasteiger charge is -1.95. The second-order valence-corrected chi connectivity index (χ2v) is 2.96. The van der Waals surface area contributed by atoms with Crippen LogP contribution in [-0.4, -0.2) is 26.1 Å². The number of aryl methyl sites for hydroxylation is 1. The first-order chi connectivity index (χ1) is 6.76. The molecular weight excluding hydrogens is 182 g/mol. The molecular formula is C8H15N5O. The third-order valence-corrected chi connectivity index (χ3v) is 1.74. The molecule has 0 radical (unpaired) electrons. The van der Waals surface area contributed by atoms with Gasteiger partial charge < -0.3 is 0 Å². The summed E-state index contributed by atoms with van der Waals surface area (Å²) in [6, 6.07) is 0. The summed E-state index contributed by atoms with van der Waals surface area (Å²) in [5.41, 5.74) is 0. The van der Waals surface area contributed by atoms with Gasteiger partial charge in [0.1, 0.15) is 0 Å². The van der Waals surface area contributed by atoms with Gasteiger partial charge in [0.25, 0.3) is 5.95 Å². The minimum absolute atomic E-state index is 0.0972. The Morgan fingerprint density at radius 1 is 1.50 bits per heavy atom. The van der Waals surface area contributed by atoms with Crippen LogP contribution in [0.3, 0.4) is 0 Å². The molecule has 1 N–H and O–H groups in total. The van der Waals surface area contributed by atoms with E-state index in [4.69, 9.17) is 0 Å². The predicted molar refractivity (Wildman–Crippen MR) is 51.6 cm³/mol. The van der Waals surface area contributed by atoms with Gasteiger partial charge in [0, 0.05) is 6.42 Å². The first-order valence-corrected chi connectivity index (χ1v) is 4.84. The molecule has 0 saturated carbocycles. The predicted octanol–water partition coefficient (Wildman–Crippen LogP) is 0.822. The molecule has 1 aromatic rings. The lowest BCUT2D eigenvalue weighted by atomic mass is 10.3. The zero-order chi connectivity index (χ0) is 10.4. The molecule has 1 heterocycles. The summed E-state index contributed by atoms with van der Waals surface area (Å²) >= 11 is 0. The molecule has 6 nitrogen and oxygen atoms in total.